The Morgan fingerprint density at radius 2 is 2.18 bits per heavy atom. The first kappa shape index (κ1) is 12.2. The molecule has 1 aromatic rings. The average molecular weight is 254 g/mol. The Morgan fingerprint density at radius 1 is 1.35 bits per heavy atom. The number of amides is 1. The van der Waals surface area contributed by atoms with Crippen LogP contribution in [0.4, 0.5) is 5.69 Å². The standard InChI is InChI=1S/C12H16ClN3O/c13-11-3-2-9(14)8-10(11)12(17)16-6-1-4-15-5-7-16/h2-3,8,15H,1,4-7,14H2. The van der Waals surface area contributed by atoms with E-state index in [4.69, 9.17) is 17.3 Å². The highest BCUT2D eigenvalue weighted by molar-refractivity contribution is 6.34. The van der Waals surface area contributed by atoms with Crippen molar-refractivity contribution < 1.29 is 4.79 Å². The number of nitrogens with one attached hydrogen (secondary N) is 1. The van der Waals surface area contributed by atoms with Crippen molar-refractivity contribution in [3.05, 3.63) is 28.8 Å². The molecule has 1 aliphatic heterocycles. The van der Waals surface area contributed by atoms with E-state index in [1.54, 1.807) is 18.2 Å². The van der Waals surface area contributed by atoms with E-state index in [9.17, 15) is 4.79 Å². The average Bonchev–Trinajstić information content (AvgIpc) is 2.60. The number of carbonyl (C=O) groups excluding carboxylic acids is 1. The van der Waals surface area contributed by atoms with Gasteiger partial charge in [0.1, 0.15) is 0 Å². The lowest BCUT2D eigenvalue weighted by atomic mass is 10.1. The Labute approximate surface area is 106 Å². The third-order valence-corrected chi connectivity index (χ3v) is 3.18. The number of hydrogen-bond acceptors (Lipinski definition) is 3. The number of halogens is 1. The monoisotopic (exact) mass is 253 g/mol. The SMILES string of the molecule is Nc1ccc(Cl)c(C(=O)N2CCCNCC2)c1. The highest BCUT2D eigenvalue weighted by Gasteiger charge is 2.19. The summed E-state index contributed by atoms with van der Waals surface area (Å²) in [4.78, 5) is 14.1. The zero-order valence-corrected chi connectivity index (χ0v) is 10.3. The van der Waals surface area contributed by atoms with Gasteiger partial charge in [0.05, 0.1) is 10.6 Å². The van der Waals surface area contributed by atoms with Crippen LogP contribution >= 0.6 is 11.6 Å². The van der Waals surface area contributed by atoms with Crippen LogP contribution in [0.25, 0.3) is 0 Å². The van der Waals surface area contributed by atoms with Crippen LogP contribution in [0.3, 0.4) is 0 Å². The number of benzene rings is 1. The molecule has 1 aliphatic rings. The lowest BCUT2D eigenvalue weighted by molar-refractivity contribution is 0.0766. The van der Waals surface area contributed by atoms with Crippen LogP contribution in [0.15, 0.2) is 18.2 Å². The molecule has 0 radical (unpaired) electrons. The van der Waals surface area contributed by atoms with E-state index in [1.807, 2.05) is 4.90 Å². The summed E-state index contributed by atoms with van der Waals surface area (Å²) in [5, 5.41) is 3.72. The van der Waals surface area contributed by atoms with Gasteiger partial charge in [-0.3, -0.25) is 4.79 Å². The molecule has 0 aromatic heterocycles. The van der Waals surface area contributed by atoms with Crippen LogP contribution in [-0.2, 0) is 0 Å². The second-order valence-electron chi connectivity index (χ2n) is 4.14. The third kappa shape index (κ3) is 2.90. The lowest BCUT2D eigenvalue weighted by Gasteiger charge is -2.20. The molecule has 92 valence electrons. The highest BCUT2D eigenvalue weighted by atomic mass is 35.5. The molecule has 0 aliphatic carbocycles. The van der Waals surface area contributed by atoms with Crippen LogP contribution in [-0.4, -0.2) is 37.0 Å². The molecule has 0 saturated carbocycles. The van der Waals surface area contributed by atoms with Crippen LogP contribution in [0.2, 0.25) is 5.02 Å². The van der Waals surface area contributed by atoms with Gasteiger partial charge in [-0.15, -0.1) is 0 Å². The quantitative estimate of drug-likeness (QED) is 0.743. The Morgan fingerprint density at radius 3 is 3.00 bits per heavy atom. The van der Waals surface area contributed by atoms with Gasteiger partial charge in [0.25, 0.3) is 5.91 Å². The summed E-state index contributed by atoms with van der Waals surface area (Å²) in [6, 6.07) is 5.01. The molecule has 1 saturated heterocycles. The Balaban J connectivity index is 2.20. The van der Waals surface area contributed by atoms with Gasteiger partial charge < -0.3 is 16.0 Å². The van der Waals surface area contributed by atoms with E-state index in [0.29, 0.717) is 22.8 Å². The Hall–Kier alpha value is -1.26. The number of hydrogen-bond donors (Lipinski definition) is 2. The van der Waals surface area contributed by atoms with E-state index in [-0.39, 0.29) is 5.91 Å². The van der Waals surface area contributed by atoms with Gasteiger partial charge in [0.2, 0.25) is 0 Å². The minimum Gasteiger partial charge on any atom is -0.399 e. The van der Waals surface area contributed by atoms with Crippen molar-refractivity contribution in [2.45, 2.75) is 6.42 Å². The minimum atomic E-state index is -0.0361. The molecule has 4 nitrogen and oxygen atoms in total. The van der Waals surface area contributed by atoms with Gasteiger partial charge in [-0.25, -0.2) is 0 Å². The number of nitrogen functional groups attached to an aromatic ring is 1. The first-order chi connectivity index (χ1) is 8.18. The molecule has 5 heteroatoms. The molecular formula is C12H16ClN3O. The van der Waals surface area contributed by atoms with E-state index in [1.165, 1.54) is 0 Å². The molecule has 0 spiro atoms. The molecule has 0 atom stereocenters. The molecule has 1 aromatic carbocycles. The maximum absolute atomic E-state index is 12.3. The van der Waals surface area contributed by atoms with Crippen LogP contribution in [0, 0.1) is 0 Å². The molecule has 1 fully saturated rings. The zero-order valence-electron chi connectivity index (χ0n) is 9.58. The normalized spacial score (nSPS) is 16.6. The maximum Gasteiger partial charge on any atom is 0.255 e. The summed E-state index contributed by atoms with van der Waals surface area (Å²) in [6.45, 7) is 3.25. The number of nitrogens with zero attached hydrogens (tertiary/aromatic N) is 1. The predicted molar refractivity (Wildman–Crippen MR) is 69.3 cm³/mol. The third-order valence-electron chi connectivity index (χ3n) is 2.85. The fraction of sp³-hybridized carbons (Fsp3) is 0.417. The number of nitrogens with two attached hydrogens (primary N) is 1. The first-order valence-corrected chi connectivity index (χ1v) is 6.11. The van der Waals surface area contributed by atoms with Crippen LogP contribution < -0.4 is 11.1 Å². The van der Waals surface area contributed by atoms with Gasteiger partial charge in [-0.2, -0.15) is 0 Å². The molecule has 1 amide bonds. The number of anilines is 1. The van der Waals surface area contributed by atoms with Gasteiger partial charge in [0, 0.05) is 25.3 Å². The Kier molecular flexibility index (Phi) is 3.86. The van der Waals surface area contributed by atoms with Crippen molar-refractivity contribution in [2.75, 3.05) is 31.9 Å². The van der Waals surface area contributed by atoms with Gasteiger partial charge in [0.15, 0.2) is 0 Å². The molecule has 0 bridgehead atoms. The summed E-state index contributed by atoms with van der Waals surface area (Å²) >= 11 is 6.03. The highest BCUT2D eigenvalue weighted by Crippen LogP contribution is 2.20. The van der Waals surface area contributed by atoms with E-state index in [0.717, 1.165) is 26.1 Å². The van der Waals surface area contributed by atoms with Crippen molar-refractivity contribution in [3.8, 4) is 0 Å². The number of carbonyl (C=O) groups is 1. The molecular weight excluding hydrogens is 238 g/mol. The molecule has 3 N–H and O–H groups in total. The molecule has 2 rings (SSSR count). The van der Waals surface area contributed by atoms with Crippen LogP contribution in [0.1, 0.15) is 16.8 Å². The van der Waals surface area contributed by atoms with Crippen molar-refractivity contribution in [1.29, 1.82) is 0 Å². The number of rotatable bonds is 1. The van der Waals surface area contributed by atoms with Gasteiger partial charge >= 0.3 is 0 Å². The van der Waals surface area contributed by atoms with Crippen LogP contribution in [0.5, 0.6) is 0 Å². The summed E-state index contributed by atoms with van der Waals surface area (Å²) < 4.78 is 0. The summed E-state index contributed by atoms with van der Waals surface area (Å²) in [5.41, 5.74) is 6.74. The lowest BCUT2D eigenvalue weighted by Crippen LogP contribution is -2.34. The van der Waals surface area contributed by atoms with Crippen molar-refractivity contribution in [1.82, 2.24) is 10.2 Å². The van der Waals surface area contributed by atoms with Gasteiger partial charge in [-0.05, 0) is 31.2 Å². The van der Waals surface area contributed by atoms with Crippen molar-refractivity contribution in [2.24, 2.45) is 0 Å². The zero-order chi connectivity index (χ0) is 12.3. The van der Waals surface area contributed by atoms with Gasteiger partial charge in [-0.1, -0.05) is 11.6 Å². The first-order valence-electron chi connectivity index (χ1n) is 5.73. The minimum absolute atomic E-state index is 0.0361. The van der Waals surface area contributed by atoms with E-state index in [2.05, 4.69) is 5.32 Å². The maximum atomic E-state index is 12.3. The second kappa shape index (κ2) is 5.38. The molecule has 1 heterocycles. The van der Waals surface area contributed by atoms with Crippen molar-refractivity contribution >= 4 is 23.2 Å². The molecule has 0 unspecified atom stereocenters. The Bertz CT molecular complexity index is 414. The predicted octanol–water partition coefficient (Wildman–Crippen LogP) is 1.36. The summed E-state index contributed by atoms with van der Waals surface area (Å²) in [7, 11) is 0. The summed E-state index contributed by atoms with van der Waals surface area (Å²) in [5.74, 6) is -0.0361. The van der Waals surface area contributed by atoms with E-state index >= 15 is 0 Å². The second-order valence-corrected chi connectivity index (χ2v) is 4.54. The smallest absolute Gasteiger partial charge is 0.255 e. The summed E-state index contributed by atoms with van der Waals surface area (Å²) in [6.07, 6.45) is 0.964. The fourth-order valence-electron chi connectivity index (χ4n) is 1.93. The topological polar surface area (TPSA) is 58.4 Å². The largest absolute Gasteiger partial charge is 0.399 e. The van der Waals surface area contributed by atoms with Crippen molar-refractivity contribution in [3.63, 3.8) is 0 Å². The van der Waals surface area contributed by atoms with E-state index < -0.39 is 0 Å². The molecule has 17 heavy (non-hydrogen) atoms. The fourth-order valence-corrected chi connectivity index (χ4v) is 2.12.